The molecule has 11 fully saturated rings. The molecular formula is C98H179N11O. The van der Waals surface area contributed by atoms with Gasteiger partial charge in [-0.3, -0.25) is 29.6 Å². The predicted molar refractivity (Wildman–Crippen MR) is 484 cm³/mol. The van der Waals surface area contributed by atoms with Gasteiger partial charge in [0.2, 0.25) is 0 Å². The number of piperazine rings is 1. The fourth-order valence-corrected chi connectivity index (χ4v) is 17.0. The van der Waals surface area contributed by atoms with Crippen molar-refractivity contribution < 1.29 is 4.74 Å². The molecule has 0 spiro atoms. The van der Waals surface area contributed by atoms with E-state index in [1.807, 2.05) is 24.7 Å². The Morgan fingerprint density at radius 2 is 1.03 bits per heavy atom. The van der Waals surface area contributed by atoms with Crippen LogP contribution in [-0.2, 0) is 16.6 Å². The Labute approximate surface area is 681 Å². The smallest absolute Gasteiger partial charge is 0.0718 e. The Hall–Kier alpha value is -3.30. The number of aromatic nitrogens is 1. The molecule has 8 saturated heterocycles. The van der Waals surface area contributed by atoms with Crippen LogP contribution in [0.25, 0.3) is 10.9 Å². The van der Waals surface area contributed by atoms with Gasteiger partial charge < -0.3 is 30.5 Å². The monoisotopic (exact) mass is 1530 g/mol. The van der Waals surface area contributed by atoms with Crippen molar-refractivity contribution >= 4 is 22.8 Å². The highest BCUT2D eigenvalue weighted by Gasteiger charge is 2.46. The van der Waals surface area contributed by atoms with E-state index in [4.69, 9.17) is 4.74 Å². The van der Waals surface area contributed by atoms with Crippen molar-refractivity contribution in [3.8, 4) is 0 Å². The van der Waals surface area contributed by atoms with E-state index in [1.165, 1.54) is 202 Å². The molecule has 632 valence electrons. The van der Waals surface area contributed by atoms with Crippen molar-refractivity contribution in [3.05, 3.63) is 83.2 Å². The van der Waals surface area contributed by atoms with Crippen LogP contribution in [0.15, 0.2) is 71.5 Å². The second-order valence-electron chi connectivity index (χ2n) is 41.9. The molecule has 16 rings (SSSR count). The van der Waals surface area contributed by atoms with Gasteiger partial charge in [-0.1, -0.05) is 146 Å². The molecule has 3 N–H and O–H groups in total. The minimum absolute atomic E-state index is 0.275. The third-order valence-electron chi connectivity index (χ3n) is 24.7. The van der Waals surface area contributed by atoms with Crippen molar-refractivity contribution in [1.29, 1.82) is 0 Å². The summed E-state index contributed by atoms with van der Waals surface area (Å²) in [7, 11) is 0. The number of pyridine rings is 1. The lowest BCUT2D eigenvalue weighted by molar-refractivity contribution is -0.00804. The summed E-state index contributed by atoms with van der Waals surface area (Å²) < 4.78 is 5.54. The SMILES string of the molecule is C1CNCCN1.CC(C)(C)N1CC2CC1CO2.CC(C)(C)N1CC2CCC(C2)C1.CC(C)(C)N1CCC1.CC(C)(C)N1CCCCC1.CC(C)(C)c1ccc2c(c1)CCN2.CC(C)C.CC(C)C1=CN=CC1.CC(C)C1CCCC1.CC(C)N1CC2CC2C1.CC(C)N1CCCC1.CC(C)c1cccc2ncccc12. The molecule has 12 nitrogen and oxygen atoms in total. The van der Waals surface area contributed by atoms with Gasteiger partial charge in [0.1, 0.15) is 0 Å². The van der Waals surface area contributed by atoms with Crippen LogP contribution in [0.4, 0.5) is 5.69 Å². The quantitative estimate of drug-likeness (QED) is 0.228. The topological polar surface area (TPSA) is 90.0 Å². The van der Waals surface area contributed by atoms with Crippen molar-refractivity contribution in [2.45, 2.75) is 361 Å². The van der Waals surface area contributed by atoms with Gasteiger partial charge in [-0.15, -0.1) is 0 Å². The van der Waals surface area contributed by atoms with Gasteiger partial charge in [-0.05, 0) is 320 Å². The Morgan fingerprint density at radius 3 is 1.39 bits per heavy atom. The zero-order valence-corrected chi connectivity index (χ0v) is 77.4. The number of benzene rings is 2. The number of aliphatic imine (C=N–C) groups is 1. The molecule has 6 atom stereocenters. The number of nitrogens with zero attached hydrogens (tertiary/aromatic N) is 8. The number of anilines is 1. The summed E-state index contributed by atoms with van der Waals surface area (Å²) in [5.74, 6) is 8.35. The number of rotatable bonds is 5. The second kappa shape index (κ2) is 47.8. The highest BCUT2D eigenvalue weighted by molar-refractivity contribution is 5.82. The lowest BCUT2D eigenvalue weighted by Crippen LogP contribution is -2.49. The maximum Gasteiger partial charge on any atom is 0.0718 e. The zero-order valence-electron chi connectivity index (χ0n) is 77.4. The second-order valence-corrected chi connectivity index (χ2v) is 41.9. The third kappa shape index (κ3) is 36.5. The van der Waals surface area contributed by atoms with Gasteiger partial charge >= 0.3 is 0 Å². The van der Waals surface area contributed by atoms with Gasteiger partial charge in [-0.25, -0.2) is 0 Å². The number of morpholine rings is 1. The van der Waals surface area contributed by atoms with Gasteiger partial charge in [-0.2, -0.15) is 0 Å². The van der Waals surface area contributed by atoms with Crippen LogP contribution < -0.4 is 16.0 Å². The molecule has 3 saturated carbocycles. The normalized spacial score (nSPS) is 24.4. The first-order valence-electron chi connectivity index (χ1n) is 45.6. The molecule has 3 aliphatic carbocycles. The number of ether oxygens (including phenoxy) is 1. The molecule has 10 aliphatic heterocycles. The van der Waals surface area contributed by atoms with E-state index in [0.717, 1.165) is 111 Å². The van der Waals surface area contributed by atoms with Gasteiger partial charge in [0.25, 0.3) is 0 Å². The van der Waals surface area contributed by atoms with E-state index < -0.39 is 0 Å². The van der Waals surface area contributed by atoms with E-state index in [0.29, 0.717) is 46.1 Å². The Kier molecular flexibility index (Phi) is 42.3. The molecule has 0 amide bonds. The standard InChI is InChI=1S/C12H17N.C12H13N.C11H21N.C9H17NO.C9H19N.C8H15N.C8H16.C7H15N.C7H11N.C7H15N.C4H10N2.C4H10/c1-12(2,3)10-4-5-11-9(8-10)6-7-13-11;1-9(2)10-5-3-7-12-11(10)6-4-8-13-12;1-11(2,3)12-7-9-4-5-10(6-9)8-12;1-9(2,3)10-5-8-4-7(10)6-11-8;1-9(2,3)10-7-5-4-6-8-10;1-6(2)9-4-7-3-8(7)5-9;1-7(2)8-5-3-4-6-8;1-7(2,3)8-5-4-6-8;1-6(2)7-3-4-8-5-7;1-7(2)8-5-3-4-6-8;1-2-6-4-3-5-1;1-4(2)3/h4-5,8,13H,6-7H2,1-3H3;3-9H,1-2H3;9-10H,4-8H2,1-3H3;7-8H,4-6H2,1-3H3;4-8H2,1-3H3;6-8H,3-5H2,1-2H3;7-8H,3-6H2,1-2H3;4-6H2,1-3H3;4-6H,3H2,1-2H3;7H,3-6H2,1-2H3;5-6H,1-4H2;4H,1-3H3. The summed E-state index contributed by atoms with van der Waals surface area (Å²) in [6, 6.07) is 19.5. The van der Waals surface area contributed by atoms with E-state index in [9.17, 15) is 0 Å². The lowest BCUT2D eigenvalue weighted by atomic mass is 9.86. The molecule has 11 heterocycles. The van der Waals surface area contributed by atoms with Crippen molar-refractivity contribution in [1.82, 2.24) is 45.0 Å². The van der Waals surface area contributed by atoms with Crippen LogP contribution in [0.2, 0.25) is 0 Å². The number of allylic oxidation sites excluding steroid dienone is 1. The molecule has 4 bridgehead atoms. The molecule has 110 heavy (non-hydrogen) atoms. The predicted octanol–water partition coefficient (Wildman–Crippen LogP) is 22.4. The maximum atomic E-state index is 5.54. The molecule has 12 heteroatoms. The molecule has 6 unspecified atom stereocenters. The fraction of sp³-hybridized carbons (Fsp3) is 0.816. The Bertz CT molecular complexity index is 2930. The average Bonchev–Trinajstić information content (AvgIpc) is 1.63. The summed E-state index contributed by atoms with van der Waals surface area (Å²) in [6.45, 7) is 84.7. The first-order chi connectivity index (χ1) is 51.6. The summed E-state index contributed by atoms with van der Waals surface area (Å²) >= 11 is 0. The average molecular weight is 1530 g/mol. The lowest BCUT2D eigenvalue weighted by Gasteiger charge is -2.42. The van der Waals surface area contributed by atoms with Crippen molar-refractivity contribution in [2.24, 2.45) is 52.3 Å². The van der Waals surface area contributed by atoms with Crippen molar-refractivity contribution in [3.63, 3.8) is 0 Å². The third-order valence-corrected chi connectivity index (χ3v) is 24.7. The summed E-state index contributed by atoms with van der Waals surface area (Å²) in [5, 5.41) is 11.1. The van der Waals surface area contributed by atoms with E-state index in [1.54, 1.807) is 0 Å². The molecule has 0 radical (unpaired) electrons. The van der Waals surface area contributed by atoms with Gasteiger partial charge in [0.05, 0.1) is 18.2 Å². The van der Waals surface area contributed by atoms with E-state index in [-0.39, 0.29) is 5.41 Å². The number of likely N-dealkylation sites (tertiary alicyclic amines) is 6. The summed E-state index contributed by atoms with van der Waals surface area (Å²) in [4.78, 5) is 23.8. The number of piperidine rings is 3. The molecule has 13 aliphatic rings. The molecule has 2 aromatic carbocycles. The van der Waals surface area contributed by atoms with Crippen molar-refractivity contribution in [2.75, 3.05) is 117 Å². The summed E-state index contributed by atoms with van der Waals surface area (Å²) in [6.07, 6.45) is 30.3. The molecule has 3 aromatic rings. The minimum Gasteiger partial charge on any atom is -0.384 e. The van der Waals surface area contributed by atoms with E-state index in [2.05, 4.69) is 292 Å². The largest absolute Gasteiger partial charge is 0.384 e. The van der Waals surface area contributed by atoms with Crippen LogP contribution >= 0.6 is 0 Å². The first-order valence-corrected chi connectivity index (χ1v) is 45.6. The van der Waals surface area contributed by atoms with Crippen LogP contribution in [0.3, 0.4) is 0 Å². The fourth-order valence-electron chi connectivity index (χ4n) is 17.0. The number of hydrogen-bond donors (Lipinski definition) is 3. The van der Waals surface area contributed by atoms with Gasteiger partial charge in [0, 0.05) is 142 Å². The zero-order chi connectivity index (χ0) is 81.6. The molecular weight excluding hydrogens is 1350 g/mol. The highest BCUT2D eigenvalue weighted by atomic mass is 16.5. The number of nitrogens with one attached hydrogen (secondary N) is 3. The minimum atomic E-state index is 0.275. The summed E-state index contributed by atoms with van der Waals surface area (Å²) in [5.41, 5.74) is 10.0. The highest BCUT2D eigenvalue weighted by Crippen LogP contribution is 2.45. The van der Waals surface area contributed by atoms with E-state index >= 15 is 0 Å². The van der Waals surface area contributed by atoms with Crippen LogP contribution in [-0.4, -0.2) is 198 Å². The number of fused-ring (bicyclic) bond motifs is 7. The van der Waals surface area contributed by atoms with Gasteiger partial charge in [0.15, 0.2) is 0 Å². The van der Waals surface area contributed by atoms with Crippen LogP contribution in [0.1, 0.15) is 319 Å². The Balaban J connectivity index is 0.000000217. The van der Waals surface area contributed by atoms with Crippen LogP contribution in [0.5, 0.6) is 0 Å². The molecule has 1 aromatic heterocycles. The first kappa shape index (κ1) is 97.3. The number of hydrogen-bond acceptors (Lipinski definition) is 12. The van der Waals surface area contributed by atoms with Crippen LogP contribution in [0, 0.1) is 47.3 Å². The Morgan fingerprint density at radius 1 is 0.491 bits per heavy atom. The maximum absolute atomic E-state index is 5.54.